The molecule has 1 saturated heterocycles. The number of carbonyl (C=O) groups is 1. The number of rotatable bonds is 4. The van der Waals surface area contributed by atoms with Gasteiger partial charge in [0.15, 0.2) is 6.10 Å². The molecule has 1 fully saturated rings. The highest BCUT2D eigenvalue weighted by Gasteiger charge is 2.25. The van der Waals surface area contributed by atoms with Crippen molar-refractivity contribution in [1.29, 1.82) is 0 Å². The molecular weight excluding hydrogens is 240 g/mol. The van der Waals surface area contributed by atoms with Crippen molar-refractivity contribution in [2.45, 2.75) is 38.8 Å². The average molecular weight is 262 g/mol. The van der Waals surface area contributed by atoms with Crippen LogP contribution in [0.15, 0.2) is 24.3 Å². The summed E-state index contributed by atoms with van der Waals surface area (Å²) in [5, 5.41) is 0. The molecule has 2 rings (SSSR count). The molecule has 1 heterocycles. The van der Waals surface area contributed by atoms with Crippen molar-refractivity contribution in [2.75, 3.05) is 13.1 Å². The number of ether oxygens (including phenoxy) is 1. The minimum Gasteiger partial charge on any atom is -0.481 e. The lowest BCUT2D eigenvalue weighted by molar-refractivity contribution is -0.136. The number of nitrogens with zero attached hydrogens (tertiary/aromatic N) is 1. The molecule has 0 radical (unpaired) electrons. The Morgan fingerprint density at radius 2 is 1.89 bits per heavy atom. The molecule has 1 aliphatic heterocycles. The lowest BCUT2D eigenvalue weighted by Gasteiger charge is -2.23. The van der Waals surface area contributed by atoms with E-state index in [-0.39, 0.29) is 11.9 Å². The van der Waals surface area contributed by atoms with Crippen LogP contribution in [0.3, 0.4) is 0 Å². The van der Waals surface area contributed by atoms with E-state index in [1.807, 2.05) is 36.1 Å². The summed E-state index contributed by atoms with van der Waals surface area (Å²) < 4.78 is 5.81. The summed E-state index contributed by atoms with van der Waals surface area (Å²) in [5.41, 5.74) is 6.85. The second-order valence-corrected chi connectivity index (χ2v) is 5.12. The third-order valence-electron chi connectivity index (χ3n) is 3.48. The molecule has 0 saturated carbocycles. The van der Waals surface area contributed by atoms with Crippen LogP contribution >= 0.6 is 0 Å². The monoisotopic (exact) mass is 262 g/mol. The quantitative estimate of drug-likeness (QED) is 0.904. The number of hydrogen-bond acceptors (Lipinski definition) is 3. The Kier molecular flexibility index (Phi) is 4.43. The van der Waals surface area contributed by atoms with Crippen molar-refractivity contribution in [2.24, 2.45) is 5.73 Å². The zero-order valence-electron chi connectivity index (χ0n) is 11.6. The Balaban J connectivity index is 2.06. The third kappa shape index (κ3) is 3.26. The Bertz CT molecular complexity index is 440. The second kappa shape index (κ2) is 6.06. The summed E-state index contributed by atoms with van der Waals surface area (Å²) >= 11 is 0. The molecule has 1 unspecified atom stereocenters. The van der Waals surface area contributed by atoms with E-state index in [9.17, 15) is 4.79 Å². The highest BCUT2D eigenvalue weighted by Crippen LogP contribution is 2.24. The van der Waals surface area contributed by atoms with Crippen LogP contribution in [0.2, 0.25) is 0 Å². The fourth-order valence-corrected chi connectivity index (χ4v) is 2.40. The molecule has 2 N–H and O–H groups in total. The molecular formula is C15H22N2O2. The van der Waals surface area contributed by atoms with E-state index in [0.717, 1.165) is 31.5 Å². The van der Waals surface area contributed by atoms with Gasteiger partial charge in [0.1, 0.15) is 5.75 Å². The van der Waals surface area contributed by atoms with Gasteiger partial charge in [0, 0.05) is 24.7 Å². The Labute approximate surface area is 114 Å². The van der Waals surface area contributed by atoms with E-state index in [0.29, 0.717) is 5.75 Å². The van der Waals surface area contributed by atoms with Gasteiger partial charge in [-0.25, -0.2) is 0 Å². The summed E-state index contributed by atoms with van der Waals surface area (Å²) in [6.45, 7) is 5.41. The standard InChI is InChI=1S/C15H22N2O2/c1-11(16)13-7-3-4-8-14(13)19-12(2)15(18)17-9-5-6-10-17/h3-4,7-8,11-12H,5-6,9-10,16H2,1-2H3/t11-,12?/m1/s1. The van der Waals surface area contributed by atoms with Crippen LogP contribution in [-0.4, -0.2) is 30.0 Å². The van der Waals surface area contributed by atoms with Gasteiger partial charge in [0.05, 0.1) is 0 Å². The van der Waals surface area contributed by atoms with Crippen LogP contribution in [0.5, 0.6) is 5.75 Å². The van der Waals surface area contributed by atoms with Crippen molar-refractivity contribution in [3.63, 3.8) is 0 Å². The molecule has 1 aliphatic rings. The zero-order chi connectivity index (χ0) is 13.8. The predicted molar refractivity (Wildman–Crippen MR) is 74.9 cm³/mol. The summed E-state index contributed by atoms with van der Waals surface area (Å²) in [5.74, 6) is 0.773. The second-order valence-electron chi connectivity index (χ2n) is 5.12. The lowest BCUT2D eigenvalue weighted by Crippen LogP contribution is -2.38. The Hall–Kier alpha value is -1.55. The summed E-state index contributed by atoms with van der Waals surface area (Å²) in [7, 11) is 0. The van der Waals surface area contributed by atoms with E-state index in [1.54, 1.807) is 6.92 Å². The summed E-state index contributed by atoms with van der Waals surface area (Å²) in [6.07, 6.45) is 1.72. The number of hydrogen-bond donors (Lipinski definition) is 1. The number of para-hydroxylation sites is 1. The maximum atomic E-state index is 12.2. The molecule has 1 aromatic rings. The first-order chi connectivity index (χ1) is 9.09. The van der Waals surface area contributed by atoms with Gasteiger partial charge in [-0.3, -0.25) is 4.79 Å². The van der Waals surface area contributed by atoms with Gasteiger partial charge >= 0.3 is 0 Å². The van der Waals surface area contributed by atoms with E-state index in [2.05, 4.69) is 0 Å². The number of nitrogens with two attached hydrogens (primary N) is 1. The smallest absolute Gasteiger partial charge is 0.263 e. The van der Waals surface area contributed by atoms with Crippen molar-refractivity contribution >= 4 is 5.91 Å². The highest BCUT2D eigenvalue weighted by molar-refractivity contribution is 5.81. The van der Waals surface area contributed by atoms with E-state index >= 15 is 0 Å². The van der Waals surface area contributed by atoms with Gasteiger partial charge in [-0.2, -0.15) is 0 Å². The average Bonchev–Trinajstić information content (AvgIpc) is 2.92. The van der Waals surface area contributed by atoms with Gasteiger partial charge in [-0.05, 0) is 32.8 Å². The maximum Gasteiger partial charge on any atom is 0.263 e. The Morgan fingerprint density at radius 1 is 1.26 bits per heavy atom. The molecule has 1 aromatic carbocycles. The first-order valence-electron chi connectivity index (χ1n) is 6.89. The highest BCUT2D eigenvalue weighted by atomic mass is 16.5. The van der Waals surface area contributed by atoms with Crippen LogP contribution in [0.1, 0.15) is 38.3 Å². The molecule has 0 spiro atoms. The van der Waals surface area contributed by atoms with Gasteiger partial charge in [0.2, 0.25) is 0 Å². The predicted octanol–water partition coefficient (Wildman–Crippen LogP) is 2.10. The van der Waals surface area contributed by atoms with Gasteiger partial charge in [0.25, 0.3) is 5.91 Å². The van der Waals surface area contributed by atoms with Crippen molar-refractivity contribution in [3.05, 3.63) is 29.8 Å². The van der Waals surface area contributed by atoms with Crippen LogP contribution in [0.25, 0.3) is 0 Å². The van der Waals surface area contributed by atoms with E-state index < -0.39 is 6.10 Å². The van der Waals surface area contributed by atoms with Crippen molar-refractivity contribution < 1.29 is 9.53 Å². The van der Waals surface area contributed by atoms with Crippen LogP contribution in [0, 0.1) is 0 Å². The van der Waals surface area contributed by atoms with Crippen molar-refractivity contribution in [3.8, 4) is 5.75 Å². The molecule has 1 amide bonds. The zero-order valence-corrected chi connectivity index (χ0v) is 11.6. The topological polar surface area (TPSA) is 55.6 Å². The maximum absolute atomic E-state index is 12.2. The van der Waals surface area contributed by atoms with Crippen LogP contribution in [0.4, 0.5) is 0 Å². The van der Waals surface area contributed by atoms with Gasteiger partial charge in [-0.15, -0.1) is 0 Å². The molecule has 4 nitrogen and oxygen atoms in total. The fraction of sp³-hybridized carbons (Fsp3) is 0.533. The van der Waals surface area contributed by atoms with Crippen LogP contribution < -0.4 is 10.5 Å². The number of amides is 1. The lowest BCUT2D eigenvalue weighted by atomic mass is 10.1. The molecule has 19 heavy (non-hydrogen) atoms. The van der Waals surface area contributed by atoms with E-state index in [4.69, 9.17) is 10.5 Å². The number of carbonyl (C=O) groups excluding carboxylic acids is 1. The number of benzene rings is 1. The molecule has 0 aliphatic carbocycles. The first-order valence-corrected chi connectivity index (χ1v) is 6.89. The van der Waals surface area contributed by atoms with Gasteiger partial charge < -0.3 is 15.4 Å². The first kappa shape index (κ1) is 13.9. The van der Waals surface area contributed by atoms with Crippen molar-refractivity contribution in [1.82, 2.24) is 4.90 Å². The molecule has 2 atom stereocenters. The number of likely N-dealkylation sites (tertiary alicyclic amines) is 1. The minimum absolute atomic E-state index is 0.0666. The molecule has 104 valence electrons. The fourth-order valence-electron chi connectivity index (χ4n) is 2.40. The normalized spacial score (nSPS) is 18.2. The minimum atomic E-state index is -0.460. The summed E-state index contributed by atoms with van der Waals surface area (Å²) in [4.78, 5) is 14.1. The summed E-state index contributed by atoms with van der Waals surface area (Å²) in [6, 6.07) is 7.53. The molecule has 0 bridgehead atoms. The van der Waals surface area contributed by atoms with E-state index in [1.165, 1.54) is 0 Å². The molecule has 4 heteroatoms. The van der Waals surface area contributed by atoms with Gasteiger partial charge in [-0.1, -0.05) is 18.2 Å². The Morgan fingerprint density at radius 3 is 2.53 bits per heavy atom. The van der Waals surface area contributed by atoms with Crippen LogP contribution in [-0.2, 0) is 4.79 Å². The SMILES string of the molecule is CC(Oc1ccccc1[C@@H](C)N)C(=O)N1CCCC1. The largest absolute Gasteiger partial charge is 0.481 e. The third-order valence-corrected chi connectivity index (χ3v) is 3.48. The molecule has 0 aromatic heterocycles.